The van der Waals surface area contributed by atoms with E-state index in [-0.39, 0.29) is 0 Å². The average Bonchev–Trinajstić information content (AvgIpc) is 2.51. The first-order valence-electron chi connectivity index (χ1n) is 7.54. The second-order valence-corrected chi connectivity index (χ2v) is 5.73. The van der Waals surface area contributed by atoms with Crippen LogP contribution in [0.2, 0.25) is 6.82 Å². The van der Waals surface area contributed by atoms with Crippen LogP contribution in [0.1, 0.15) is 19.4 Å². The Kier molecular flexibility index (Phi) is 3.79. The van der Waals surface area contributed by atoms with Crippen molar-refractivity contribution in [3.63, 3.8) is 0 Å². The van der Waals surface area contributed by atoms with Crippen LogP contribution >= 0.6 is 0 Å². The molecule has 2 aromatic carbocycles. The number of pyridine rings is 1. The molecule has 0 spiro atoms. The van der Waals surface area contributed by atoms with E-state index in [2.05, 4.69) is 93.4 Å². The van der Waals surface area contributed by atoms with Crippen molar-refractivity contribution in [1.29, 1.82) is 0 Å². The first-order valence-corrected chi connectivity index (χ1v) is 7.54. The molecule has 0 aliphatic heterocycles. The highest BCUT2D eigenvalue weighted by atomic mass is 14.9. The fourth-order valence-corrected chi connectivity index (χ4v) is 2.77. The van der Waals surface area contributed by atoms with Gasteiger partial charge in [0.05, 0.1) is 5.39 Å². The van der Waals surface area contributed by atoms with Gasteiger partial charge in [0.15, 0.2) is 11.7 Å². The standard InChI is InChI=1S/C19H20BN/c1-14(2)11-12-15-8-6-10-18-17-9-5-4-7-16(17)13-21(20-3)19(15)18/h4-14H,1-3H3/q+1/b12-11+. The van der Waals surface area contributed by atoms with Gasteiger partial charge in [-0.1, -0.05) is 50.3 Å². The van der Waals surface area contributed by atoms with Crippen LogP contribution in [-0.2, 0) is 0 Å². The van der Waals surface area contributed by atoms with Gasteiger partial charge in [0, 0.05) is 16.3 Å². The number of benzene rings is 2. The lowest BCUT2D eigenvalue weighted by Crippen LogP contribution is -2.39. The molecule has 2 heteroatoms. The molecule has 0 amide bonds. The largest absolute Gasteiger partial charge is 0.536 e. The fourth-order valence-electron chi connectivity index (χ4n) is 2.77. The van der Waals surface area contributed by atoms with E-state index in [4.69, 9.17) is 0 Å². The molecule has 0 atom stereocenters. The Morgan fingerprint density at radius 3 is 2.52 bits per heavy atom. The molecule has 21 heavy (non-hydrogen) atoms. The lowest BCUT2D eigenvalue weighted by molar-refractivity contribution is -0.496. The molecule has 3 rings (SSSR count). The quantitative estimate of drug-likeness (QED) is 0.490. The monoisotopic (exact) mass is 273 g/mol. The molecule has 0 saturated carbocycles. The third-order valence-electron chi connectivity index (χ3n) is 3.79. The lowest BCUT2D eigenvalue weighted by Gasteiger charge is -2.07. The Morgan fingerprint density at radius 2 is 1.76 bits per heavy atom. The lowest BCUT2D eigenvalue weighted by atomic mass is 9.93. The summed E-state index contributed by atoms with van der Waals surface area (Å²) in [7, 11) is 2.13. The van der Waals surface area contributed by atoms with Crippen LogP contribution in [0, 0.1) is 5.92 Å². The molecule has 1 nitrogen and oxygen atoms in total. The van der Waals surface area contributed by atoms with Gasteiger partial charge in [0.2, 0.25) is 0 Å². The maximum absolute atomic E-state index is 2.25. The number of hydrogen-bond acceptors (Lipinski definition) is 0. The molecule has 0 aliphatic carbocycles. The summed E-state index contributed by atoms with van der Waals surface area (Å²) in [6.45, 7) is 6.49. The van der Waals surface area contributed by atoms with E-state index in [1.807, 2.05) is 0 Å². The van der Waals surface area contributed by atoms with E-state index in [9.17, 15) is 0 Å². The maximum Gasteiger partial charge on any atom is 0.536 e. The van der Waals surface area contributed by atoms with Crippen LogP contribution < -0.4 is 4.48 Å². The third kappa shape index (κ3) is 2.58. The van der Waals surface area contributed by atoms with Crippen molar-refractivity contribution in [2.75, 3.05) is 0 Å². The van der Waals surface area contributed by atoms with Gasteiger partial charge in [0.1, 0.15) is 0 Å². The van der Waals surface area contributed by atoms with Crippen LogP contribution in [0.15, 0.2) is 54.7 Å². The fraction of sp³-hybridized carbons (Fsp3) is 0.211. The summed E-state index contributed by atoms with van der Waals surface area (Å²) < 4.78 is 2.23. The highest BCUT2D eigenvalue weighted by molar-refractivity contribution is 6.24. The number of nitrogens with zero attached hydrogens (tertiary/aromatic N) is 1. The van der Waals surface area contributed by atoms with Gasteiger partial charge in [-0.15, -0.1) is 0 Å². The number of allylic oxidation sites excluding steroid dienone is 1. The molecular formula is C19H20BN+. The maximum atomic E-state index is 2.25. The van der Waals surface area contributed by atoms with Crippen molar-refractivity contribution >= 4 is 35.2 Å². The minimum Gasteiger partial charge on any atom is -0.284 e. The summed E-state index contributed by atoms with van der Waals surface area (Å²) in [6.07, 6.45) is 6.70. The molecule has 1 aromatic heterocycles. The molecule has 0 N–H and O–H groups in total. The van der Waals surface area contributed by atoms with E-state index >= 15 is 0 Å². The first-order chi connectivity index (χ1) is 10.2. The van der Waals surface area contributed by atoms with Crippen molar-refractivity contribution in [3.05, 3.63) is 60.3 Å². The van der Waals surface area contributed by atoms with Crippen molar-refractivity contribution in [3.8, 4) is 0 Å². The molecule has 1 heterocycles. The summed E-state index contributed by atoms with van der Waals surface area (Å²) in [5.74, 6) is 0.555. The minimum atomic E-state index is 0.555. The van der Waals surface area contributed by atoms with Gasteiger partial charge in [-0.2, -0.15) is 0 Å². The Morgan fingerprint density at radius 1 is 1.00 bits per heavy atom. The Labute approximate surface area is 127 Å². The number of aromatic nitrogens is 1. The number of rotatable bonds is 3. The molecule has 0 saturated heterocycles. The predicted molar refractivity (Wildman–Crippen MR) is 92.5 cm³/mol. The van der Waals surface area contributed by atoms with Crippen LogP contribution in [0.5, 0.6) is 0 Å². The summed E-state index contributed by atoms with van der Waals surface area (Å²) in [5.41, 5.74) is 2.54. The SMILES string of the molecule is C[B][n+]1cc2ccccc2c2cccc(/C=C/C(C)C)c21. The van der Waals surface area contributed by atoms with E-state index in [0.717, 1.165) is 0 Å². The Bertz CT molecular complexity index is 818. The van der Waals surface area contributed by atoms with Crippen LogP contribution in [0.25, 0.3) is 27.8 Å². The van der Waals surface area contributed by atoms with Gasteiger partial charge in [-0.3, -0.25) is 4.48 Å². The van der Waals surface area contributed by atoms with Gasteiger partial charge >= 0.3 is 7.41 Å². The second-order valence-electron chi connectivity index (χ2n) is 5.73. The van der Waals surface area contributed by atoms with Crippen molar-refractivity contribution in [2.45, 2.75) is 20.7 Å². The number of hydrogen-bond donors (Lipinski definition) is 0. The van der Waals surface area contributed by atoms with Gasteiger partial charge < -0.3 is 0 Å². The minimum absolute atomic E-state index is 0.555. The molecule has 3 aromatic rings. The van der Waals surface area contributed by atoms with Crippen molar-refractivity contribution in [2.24, 2.45) is 5.92 Å². The topological polar surface area (TPSA) is 3.88 Å². The van der Waals surface area contributed by atoms with E-state index in [1.165, 1.54) is 27.2 Å². The van der Waals surface area contributed by atoms with Crippen molar-refractivity contribution in [1.82, 2.24) is 0 Å². The Balaban J connectivity index is 2.39. The first kappa shape index (κ1) is 13.9. The van der Waals surface area contributed by atoms with Gasteiger partial charge in [-0.05, 0) is 30.9 Å². The third-order valence-corrected chi connectivity index (χ3v) is 3.79. The number of fused-ring (bicyclic) bond motifs is 3. The molecule has 0 fully saturated rings. The van der Waals surface area contributed by atoms with E-state index in [0.29, 0.717) is 5.92 Å². The van der Waals surface area contributed by atoms with Gasteiger partial charge in [-0.25, -0.2) is 0 Å². The summed E-state index contributed by atoms with van der Waals surface area (Å²) in [6, 6.07) is 15.1. The zero-order valence-corrected chi connectivity index (χ0v) is 12.9. The smallest absolute Gasteiger partial charge is 0.284 e. The highest BCUT2D eigenvalue weighted by Crippen LogP contribution is 2.25. The molecule has 0 bridgehead atoms. The highest BCUT2D eigenvalue weighted by Gasteiger charge is 2.15. The van der Waals surface area contributed by atoms with E-state index < -0.39 is 0 Å². The molecular weight excluding hydrogens is 253 g/mol. The molecule has 1 radical (unpaired) electrons. The summed E-state index contributed by atoms with van der Waals surface area (Å²) in [5, 5.41) is 3.88. The zero-order chi connectivity index (χ0) is 14.8. The normalized spacial score (nSPS) is 11.8. The molecule has 0 unspecified atom stereocenters. The van der Waals surface area contributed by atoms with Crippen LogP contribution in [0.4, 0.5) is 0 Å². The summed E-state index contributed by atoms with van der Waals surface area (Å²) >= 11 is 0. The van der Waals surface area contributed by atoms with E-state index in [1.54, 1.807) is 0 Å². The second kappa shape index (κ2) is 5.73. The van der Waals surface area contributed by atoms with Crippen molar-refractivity contribution < 1.29 is 4.48 Å². The van der Waals surface area contributed by atoms with Crippen LogP contribution in [0.3, 0.4) is 0 Å². The molecule has 0 aliphatic rings. The summed E-state index contributed by atoms with van der Waals surface area (Å²) in [4.78, 5) is 0. The zero-order valence-electron chi connectivity index (χ0n) is 12.9. The number of para-hydroxylation sites is 1. The molecule has 103 valence electrons. The van der Waals surface area contributed by atoms with Crippen LogP contribution in [-0.4, -0.2) is 7.41 Å². The van der Waals surface area contributed by atoms with Gasteiger partial charge in [0.25, 0.3) is 0 Å². The average molecular weight is 273 g/mol. The Hall–Kier alpha value is -2.09. The predicted octanol–water partition coefficient (Wildman–Crippen LogP) is 4.47.